The van der Waals surface area contributed by atoms with E-state index in [0.717, 1.165) is 28.3 Å². The number of benzene rings is 2. The molecule has 0 unspecified atom stereocenters. The maximum absolute atomic E-state index is 13.2. The van der Waals surface area contributed by atoms with Crippen LogP contribution in [0.3, 0.4) is 0 Å². The average molecular weight is 407 g/mol. The molecule has 2 aromatic rings. The summed E-state index contributed by atoms with van der Waals surface area (Å²) in [6.07, 6.45) is 0.772. The second-order valence-electron chi connectivity index (χ2n) is 7.11. The summed E-state index contributed by atoms with van der Waals surface area (Å²) in [6.45, 7) is 3.73. The highest BCUT2D eigenvalue weighted by atomic mass is 32.2. The molecule has 7 heteroatoms. The fourth-order valence-corrected chi connectivity index (χ4v) is 4.86. The lowest BCUT2D eigenvalue weighted by Gasteiger charge is -2.25. The van der Waals surface area contributed by atoms with Crippen molar-refractivity contribution in [1.82, 2.24) is 9.80 Å². The third-order valence-electron chi connectivity index (χ3n) is 5.11. The minimum Gasteiger partial charge on any atom is -0.286 e. The Balaban J connectivity index is 1.59. The zero-order valence-electron chi connectivity index (χ0n) is 16.3. The molecule has 0 N–H and O–H groups in total. The largest absolute Gasteiger partial charge is 0.286 e. The molecule has 6 nitrogen and oxygen atoms in total. The van der Waals surface area contributed by atoms with Crippen LogP contribution in [0, 0.1) is 6.92 Å². The monoisotopic (exact) mass is 407 g/mol. The van der Waals surface area contributed by atoms with Gasteiger partial charge in [-0.15, -0.1) is 0 Å². The molecule has 2 aliphatic heterocycles. The van der Waals surface area contributed by atoms with Crippen molar-refractivity contribution in [3.8, 4) is 0 Å². The molecular formula is C22H21N3O3S. The molecule has 148 valence electrons. The lowest BCUT2D eigenvalue weighted by atomic mass is 10.1. The van der Waals surface area contributed by atoms with Gasteiger partial charge in [0.1, 0.15) is 6.54 Å². The van der Waals surface area contributed by atoms with Crippen LogP contribution in [-0.2, 0) is 4.79 Å². The number of rotatable bonds is 4. The third-order valence-corrected chi connectivity index (χ3v) is 6.21. The molecule has 2 heterocycles. The first-order valence-electron chi connectivity index (χ1n) is 9.55. The molecule has 1 saturated heterocycles. The van der Waals surface area contributed by atoms with Crippen LogP contribution in [0.1, 0.15) is 39.6 Å². The minimum atomic E-state index is -0.420. The Kier molecular flexibility index (Phi) is 5.24. The van der Waals surface area contributed by atoms with Crippen molar-refractivity contribution >= 4 is 40.3 Å². The van der Waals surface area contributed by atoms with Crippen molar-refractivity contribution in [2.75, 3.05) is 12.3 Å². The van der Waals surface area contributed by atoms with Gasteiger partial charge in [-0.05, 0) is 43.2 Å². The predicted molar refractivity (Wildman–Crippen MR) is 113 cm³/mol. The van der Waals surface area contributed by atoms with E-state index in [1.165, 1.54) is 11.8 Å². The van der Waals surface area contributed by atoms with E-state index >= 15 is 0 Å². The molecule has 4 rings (SSSR count). The first kappa shape index (κ1) is 19.4. The van der Waals surface area contributed by atoms with Gasteiger partial charge in [-0.3, -0.25) is 24.2 Å². The van der Waals surface area contributed by atoms with Gasteiger partial charge in [0.05, 0.1) is 16.8 Å². The summed E-state index contributed by atoms with van der Waals surface area (Å²) in [5, 5.41) is 0.615. The Bertz CT molecular complexity index is 998. The maximum Gasteiger partial charge on any atom is 0.262 e. The van der Waals surface area contributed by atoms with Gasteiger partial charge in [-0.1, -0.05) is 43.0 Å². The normalized spacial score (nSPS) is 19.9. The van der Waals surface area contributed by atoms with Crippen molar-refractivity contribution in [2.45, 2.75) is 26.3 Å². The van der Waals surface area contributed by atoms with Crippen LogP contribution in [0.4, 0.5) is 5.69 Å². The highest BCUT2D eigenvalue weighted by Crippen LogP contribution is 2.30. The van der Waals surface area contributed by atoms with Crippen molar-refractivity contribution in [3.63, 3.8) is 0 Å². The minimum absolute atomic E-state index is 0.00811. The zero-order valence-corrected chi connectivity index (χ0v) is 17.1. The second-order valence-corrected chi connectivity index (χ2v) is 8.10. The SMILES string of the molecule is CC[C@H]1CSC(=Nc2cccc(C)c2)N1C(=O)CN1C(=O)c2ccccc2C1=O. The van der Waals surface area contributed by atoms with Crippen LogP contribution in [0.2, 0.25) is 0 Å². The fraction of sp³-hybridized carbons (Fsp3) is 0.273. The Hall–Kier alpha value is -2.93. The van der Waals surface area contributed by atoms with Crippen LogP contribution in [-0.4, -0.2) is 51.0 Å². The summed E-state index contributed by atoms with van der Waals surface area (Å²) in [4.78, 5) is 45.8. The number of amidine groups is 1. The Morgan fingerprint density at radius 1 is 1.10 bits per heavy atom. The quantitative estimate of drug-likeness (QED) is 0.726. The van der Waals surface area contributed by atoms with Gasteiger partial charge < -0.3 is 0 Å². The van der Waals surface area contributed by atoms with E-state index in [9.17, 15) is 14.4 Å². The van der Waals surface area contributed by atoms with Crippen LogP contribution in [0.5, 0.6) is 0 Å². The van der Waals surface area contributed by atoms with E-state index in [-0.39, 0.29) is 18.5 Å². The molecule has 1 fully saturated rings. The number of carbonyl (C=O) groups is 3. The summed E-state index contributed by atoms with van der Waals surface area (Å²) in [6, 6.07) is 14.4. The predicted octanol–water partition coefficient (Wildman–Crippen LogP) is 3.63. The van der Waals surface area contributed by atoms with Crippen LogP contribution < -0.4 is 0 Å². The Morgan fingerprint density at radius 3 is 2.41 bits per heavy atom. The van der Waals surface area contributed by atoms with Crippen LogP contribution >= 0.6 is 11.8 Å². The summed E-state index contributed by atoms with van der Waals surface area (Å²) >= 11 is 1.53. The maximum atomic E-state index is 13.2. The van der Waals surface area contributed by atoms with Gasteiger partial charge in [0.25, 0.3) is 11.8 Å². The topological polar surface area (TPSA) is 70.1 Å². The Labute approximate surface area is 173 Å². The number of thioether (sulfide) groups is 1. The summed E-state index contributed by atoms with van der Waals surface area (Å²) < 4.78 is 0. The number of hydrogen-bond acceptors (Lipinski definition) is 5. The van der Waals surface area contributed by atoms with E-state index in [0.29, 0.717) is 16.3 Å². The molecule has 29 heavy (non-hydrogen) atoms. The molecule has 3 amide bonds. The second kappa shape index (κ2) is 7.83. The molecule has 1 atom stereocenters. The Morgan fingerprint density at radius 2 is 1.79 bits per heavy atom. The lowest BCUT2D eigenvalue weighted by molar-refractivity contribution is -0.128. The van der Waals surface area contributed by atoms with Gasteiger partial charge >= 0.3 is 0 Å². The number of aliphatic imine (C=N–C) groups is 1. The van der Waals surface area contributed by atoms with Crippen molar-refractivity contribution in [1.29, 1.82) is 0 Å². The van der Waals surface area contributed by atoms with Gasteiger partial charge in [0, 0.05) is 11.8 Å². The lowest BCUT2D eigenvalue weighted by Crippen LogP contribution is -2.46. The number of imide groups is 1. The van der Waals surface area contributed by atoms with E-state index in [1.807, 2.05) is 38.1 Å². The zero-order chi connectivity index (χ0) is 20.5. The van der Waals surface area contributed by atoms with Gasteiger partial charge in [-0.2, -0.15) is 0 Å². The molecule has 0 spiro atoms. The fourth-order valence-electron chi connectivity index (χ4n) is 3.57. The molecule has 0 radical (unpaired) electrons. The number of aryl methyl sites for hydroxylation is 1. The number of hydrogen-bond donors (Lipinski definition) is 0. The number of fused-ring (bicyclic) bond motifs is 1. The molecule has 0 aromatic heterocycles. The smallest absolute Gasteiger partial charge is 0.262 e. The number of amides is 3. The van der Waals surface area contributed by atoms with E-state index in [1.54, 1.807) is 29.2 Å². The molecule has 0 aliphatic carbocycles. The number of nitrogens with zero attached hydrogens (tertiary/aromatic N) is 3. The van der Waals surface area contributed by atoms with E-state index < -0.39 is 11.8 Å². The highest BCUT2D eigenvalue weighted by molar-refractivity contribution is 8.14. The van der Waals surface area contributed by atoms with Crippen LogP contribution in [0.25, 0.3) is 0 Å². The van der Waals surface area contributed by atoms with Crippen molar-refractivity contribution < 1.29 is 14.4 Å². The van der Waals surface area contributed by atoms with Crippen molar-refractivity contribution in [2.24, 2.45) is 4.99 Å². The summed E-state index contributed by atoms with van der Waals surface area (Å²) in [7, 11) is 0. The molecule has 0 saturated carbocycles. The molecular weight excluding hydrogens is 386 g/mol. The first-order chi connectivity index (χ1) is 14.0. The summed E-state index contributed by atoms with van der Waals surface area (Å²) in [5.74, 6) is -0.385. The standard InChI is InChI=1S/C22H21N3O3S/c1-3-16-13-29-22(23-15-8-6-7-14(2)11-15)25(16)19(26)12-24-20(27)17-9-4-5-10-18(17)21(24)28/h4-11,16H,3,12-13H2,1-2H3/t16-/m0/s1. The average Bonchev–Trinajstić information content (AvgIpc) is 3.23. The van der Waals surface area contributed by atoms with Gasteiger partial charge in [0.15, 0.2) is 5.17 Å². The van der Waals surface area contributed by atoms with Gasteiger partial charge in [-0.25, -0.2) is 4.99 Å². The van der Waals surface area contributed by atoms with Crippen LogP contribution in [0.15, 0.2) is 53.5 Å². The van der Waals surface area contributed by atoms with E-state index in [4.69, 9.17) is 0 Å². The van der Waals surface area contributed by atoms with Crippen molar-refractivity contribution in [3.05, 3.63) is 65.2 Å². The highest BCUT2D eigenvalue weighted by Gasteiger charge is 2.40. The molecule has 2 aliphatic rings. The van der Waals surface area contributed by atoms with Gasteiger partial charge in [0.2, 0.25) is 5.91 Å². The number of carbonyl (C=O) groups excluding carboxylic acids is 3. The van der Waals surface area contributed by atoms with E-state index in [2.05, 4.69) is 4.99 Å². The third kappa shape index (κ3) is 3.58. The first-order valence-corrected chi connectivity index (χ1v) is 10.5. The molecule has 0 bridgehead atoms. The molecule has 2 aromatic carbocycles. The summed E-state index contributed by atoms with van der Waals surface area (Å²) in [5.41, 5.74) is 2.57.